The monoisotopic (exact) mass is 238 g/mol. The molecule has 0 radical (unpaired) electrons. The summed E-state index contributed by atoms with van der Waals surface area (Å²) in [5.74, 6) is 0.0195. The first kappa shape index (κ1) is 13.3. The number of aryl methyl sites for hydroxylation is 1. The van der Waals surface area contributed by atoms with Crippen molar-refractivity contribution in [1.82, 2.24) is 10.6 Å². The fourth-order valence-electron chi connectivity index (χ4n) is 1.34. The minimum Gasteiger partial charge on any atom is -0.469 e. The van der Waals surface area contributed by atoms with E-state index in [-0.39, 0.29) is 23.9 Å². The van der Waals surface area contributed by atoms with Crippen LogP contribution in [0, 0.1) is 6.92 Å². The molecule has 0 aliphatic heterocycles. The van der Waals surface area contributed by atoms with Crippen LogP contribution in [0.25, 0.3) is 0 Å². The molecule has 0 aliphatic rings. The van der Waals surface area contributed by atoms with Gasteiger partial charge in [-0.25, -0.2) is 0 Å². The van der Waals surface area contributed by atoms with E-state index >= 15 is 0 Å². The summed E-state index contributed by atoms with van der Waals surface area (Å²) in [6.45, 7) is 7.30. The smallest absolute Gasteiger partial charge is 0.255 e. The molecule has 0 spiro atoms. The van der Waals surface area contributed by atoms with Gasteiger partial charge in [-0.1, -0.05) is 0 Å². The molecular weight excluding hydrogens is 220 g/mol. The van der Waals surface area contributed by atoms with Crippen LogP contribution in [-0.4, -0.2) is 23.9 Å². The molecule has 1 aromatic heterocycles. The van der Waals surface area contributed by atoms with E-state index in [0.29, 0.717) is 11.3 Å². The van der Waals surface area contributed by atoms with Crippen LogP contribution in [0.3, 0.4) is 0 Å². The summed E-state index contributed by atoms with van der Waals surface area (Å²) in [5.41, 5.74) is 0.154. The van der Waals surface area contributed by atoms with Gasteiger partial charge in [0.1, 0.15) is 5.76 Å². The topological polar surface area (TPSA) is 71.3 Å². The average molecular weight is 238 g/mol. The Labute approximate surface area is 101 Å². The van der Waals surface area contributed by atoms with Crippen LogP contribution in [0.1, 0.15) is 36.9 Å². The predicted molar refractivity (Wildman–Crippen MR) is 63.7 cm³/mol. The van der Waals surface area contributed by atoms with Gasteiger partial charge in [0.05, 0.1) is 18.4 Å². The molecule has 94 valence electrons. The predicted octanol–water partition coefficient (Wildman–Crippen LogP) is 1.23. The molecule has 5 heteroatoms. The SMILES string of the molecule is Cc1occc1C(=O)NCC(=O)NC(C)(C)C. The molecule has 17 heavy (non-hydrogen) atoms. The maximum absolute atomic E-state index is 11.6. The zero-order chi connectivity index (χ0) is 13.1. The number of furan rings is 1. The van der Waals surface area contributed by atoms with Gasteiger partial charge in [-0.05, 0) is 33.8 Å². The van der Waals surface area contributed by atoms with Crippen molar-refractivity contribution in [2.24, 2.45) is 0 Å². The van der Waals surface area contributed by atoms with Gasteiger partial charge in [-0.3, -0.25) is 9.59 Å². The summed E-state index contributed by atoms with van der Waals surface area (Å²) in [6, 6.07) is 1.58. The number of hydrogen-bond donors (Lipinski definition) is 2. The summed E-state index contributed by atoms with van der Waals surface area (Å²) < 4.78 is 5.01. The van der Waals surface area contributed by atoms with E-state index in [4.69, 9.17) is 4.42 Å². The number of nitrogens with one attached hydrogen (secondary N) is 2. The van der Waals surface area contributed by atoms with Crippen molar-refractivity contribution in [2.75, 3.05) is 6.54 Å². The molecule has 0 aliphatic carbocycles. The minimum atomic E-state index is -0.305. The normalized spacial score (nSPS) is 11.1. The van der Waals surface area contributed by atoms with Gasteiger partial charge < -0.3 is 15.1 Å². The van der Waals surface area contributed by atoms with Crippen LogP contribution in [0.5, 0.6) is 0 Å². The van der Waals surface area contributed by atoms with Gasteiger partial charge in [0, 0.05) is 5.54 Å². The van der Waals surface area contributed by atoms with Crippen LogP contribution < -0.4 is 10.6 Å². The summed E-state index contributed by atoms with van der Waals surface area (Å²) in [7, 11) is 0. The number of rotatable bonds is 3. The first-order valence-corrected chi connectivity index (χ1v) is 5.43. The summed E-state index contributed by atoms with van der Waals surface area (Å²) in [4.78, 5) is 23.1. The second-order valence-electron chi connectivity index (χ2n) is 4.87. The van der Waals surface area contributed by atoms with Crippen LogP contribution in [-0.2, 0) is 4.79 Å². The third-order valence-corrected chi connectivity index (χ3v) is 2.03. The van der Waals surface area contributed by atoms with Gasteiger partial charge in [-0.15, -0.1) is 0 Å². The van der Waals surface area contributed by atoms with Crippen molar-refractivity contribution in [3.05, 3.63) is 23.7 Å². The summed E-state index contributed by atoms with van der Waals surface area (Å²) >= 11 is 0. The molecule has 2 amide bonds. The largest absolute Gasteiger partial charge is 0.469 e. The van der Waals surface area contributed by atoms with Crippen LogP contribution in [0.15, 0.2) is 16.7 Å². The Morgan fingerprint density at radius 1 is 1.35 bits per heavy atom. The lowest BCUT2D eigenvalue weighted by molar-refractivity contribution is -0.121. The Morgan fingerprint density at radius 2 is 2.00 bits per heavy atom. The molecule has 2 N–H and O–H groups in total. The average Bonchev–Trinajstić information content (AvgIpc) is 2.58. The van der Waals surface area contributed by atoms with E-state index in [2.05, 4.69) is 10.6 Å². The van der Waals surface area contributed by atoms with Crippen LogP contribution in [0.2, 0.25) is 0 Å². The molecule has 1 heterocycles. The summed E-state index contributed by atoms with van der Waals surface area (Å²) in [5, 5.41) is 5.29. The van der Waals surface area contributed by atoms with E-state index in [1.54, 1.807) is 13.0 Å². The fraction of sp³-hybridized carbons (Fsp3) is 0.500. The third-order valence-electron chi connectivity index (χ3n) is 2.03. The van der Waals surface area contributed by atoms with Crippen molar-refractivity contribution in [3.63, 3.8) is 0 Å². The lowest BCUT2D eigenvalue weighted by Gasteiger charge is -2.20. The molecule has 0 saturated heterocycles. The zero-order valence-corrected chi connectivity index (χ0v) is 10.6. The highest BCUT2D eigenvalue weighted by Crippen LogP contribution is 2.07. The number of carbonyl (C=O) groups excluding carboxylic acids is 2. The van der Waals surface area contributed by atoms with E-state index in [0.717, 1.165) is 0 Å². The standard InChI is InChI=1S/C12H18N2O3/c1-8-9(5-6-17-8)11(16)13-7-10(15)14-12(2,3)4/h5-6H,7H2,1-4H3,(H,13,16)(H,14,15). The molecule has 1 aromatic rings. The molecule has 5 nitrogen and oxygen atoms in total. The molecule has 0 aromatic carbocycles. The molecule has 0 saturated carbocycles. The third kappa shape index (κ3) is 4.30. The maximum Gasteiger partial charge on any atom is 0.255 e. The van der Waals surface area contributed by atoms with Crippen molar-refractivity contribution < 1.29 is 14.0 Å². The minimum absolute atomic E-state index is 0.0409. The van der Waals surface area contributed by atoms with Gasteiger partial charge in [0.15, 0.2) is 0 Å². The summed E-state index contributed by atoms with van der Waals surface area (Å²) in [6.07, 6.45) is 1.44. The Kier molecular flexibility index (Phi) is 3.93. The van der Waals surface area contributed by atoms with Gasteiger partial charge in [-0.2, -0.15) is 0 Å². The van der Waals surface area contributed by atoms with Crippen LogP contribution in [0.4, 0.5) is 0 Å². The van der Waals surface area contributed by atoms with E-state index < -0.39 is 0 Å². The first-order chi connectivity index (χ1) is 7.79. The lowest BCUT2D eigenvalue weighted by atomic mass is 10.1. The number of carbonyl (C=O) groups is 2. The Bertz CT molecular complexity index is 416. The van der Waals surface area contributed by atoms with Gasteiger partial charge in [0.25, 0.3) is 5.91 Å². The lowest BCUT2D eigenvalue weighted by Crippen LogP contribution is -2.45. The number of hydrogen-bond acceptors (Lipinski definition) is 3. The van der Waals surface area contributed by atoms with Gasteiger partial charge in [0.2, 0.25) is 5.91 Å². The van der Waals surface area contributed by atoms with Crippen molar-refractivity contribution in [3.8, 4) is 0 Å². The quantitative estimate of drug-likeness (QED) is 0.832. The first-order valence-electron chi connectivity index (χ1n) is 5.43. The van der Waals surface area contributed by atoms with E-state index in [1.165, 1.54) is 6.26 Å². The Balaban J connectivity index is 2.45. The Hall–Kier alpha value is -1.78. The fourth-order valence-corrected chi connectivity index (χ4v) is 1.34. The van der Waals surface area contributed by atoms with Crippen molar-refractivity contribution >= 4 is 11.8 Å². The molecular formula is C12H18N2O3. The van der Waals surface area contributed by atoms with Crippen molar-refractivity contribution in [2.45, 2.75) is 33.2 Å². The van der Waals surface area contributed by atoms with E-state index in [9.17, 15) is 9.59 Å². The van der Waals surface area contributed by atoms with Crippen LogP contribution >= 0.6 is 0 Å². The molecule has 0 fully saturated rings. The highest BCUT2D eigenvalue weighted by atomic mass is 16.3. The maximum atomic E-state index is 11.6. The molecule has 1 rings (SSSR count). The zero-order valence-electron chi connectivity index (χ0n) is 10.6. The number of amides is 2. The molecule has 0 bridgehead atoms. The molecule has 0 unspecified atom stereocenters. The molecule has 0 atom stereocenters. The Morgan fingerprint density at radius 3 is 2.47 bits per heavy atom. The van der Waals surface area contributed by atoms with Gasteiger partial charge >= 0.3 is 0 Å². The second kappa shape index (κ2) is 5.03. The highest BCUT2D eigenvalue weighted by molar-refractivity contribution is 5.97. The van der Waals surface area contributed by atoms with E-state index in [1.807, 2.05) is 20.8 Å². The van der Waals surface area contributed by atoms with Crippen molar-refractivity contribution in [1.29, 1.82) is 0 Å². The highest BCUT2D eigenvalue weighted by Gasteiger charge is 2.16. The second-order valence-corrected chi connectivity index (χ2v) is 4.87.